The van der Waals surface area contributed by atoms with Crippen molar-refractivity contribution in [2.75, 3.05) is 82.2 Å². The van der Waals surface area contributed by atoms with Crippen molar-refractivity contribution >= 4 is 70.9 Å². The van der Waals surface area contributed by atoms with Gasteiger partial charge in [-0.1, -0.05) is 115 Å². The summed E-state index contributed by atoms with van der Waals surface area (Å²) in [4.78, 5) is 182. The first-order chi connectivity index (χ1) is 47.7. The van der Waals surface area contributed by atoms with Crippen LogP contribution in [0.1, 0.15) is 160 Å². The van der Waals surface area contributed by atoms with Crippen LogP contribution in [0.25, 0.3) is 0 Å². The van der Waals surface area contributed by atoms with Crippen LogP contribution in [-0.2, 0) is 62.3 Å². The lowest BCUT2D eigenvalue weighted by atomic mass is 9.97. The molecule has 0 radical (unpaired) electrons. The molecule has 27 heteroatoms. The number of hydrogen-bond acceptors (Lipinski definition) is 15. The molecule has 2 aliphatic heterocycles. The maximum absolute atomic E-state index is 15.4. The first-order valence-corrected chi connectivity index (χ1v) is 35.9. The highest BCUT2D eigenvalue weighted by molar-refractivity contribution is 5.99. The van der Waals surface area contributed by atoms with E-state index in [1.807, 2.05) is 54.5 Å². The highest BCUT2D eigenvalue weighted by atomic mass is 16.5. The van der Waals surface area contributed by atoms with Crippen LogP contribution in [0.5, 0.6) is 0 Å². The van der Waals surface area contributed by atoms with Gasteiger partial charge in [0.1, 0.15) is 54.4 Å². The third kappa shape index (κ3) is 30.1. The molecule has 0 aromatic heterocycles. The predicted octanol–water partition coefficient (Wildman–Crippen LogP) is 4.05. The van der Waals surface area contributed by atoms with Gasteiger partial charge < -0.3 is 75.4 Å². The van der Waals surface area contributed by atoms with Crippen molar-refractivity contribution < 1.29 is 72.5 Å². The van der Waals surface area contributed by atoms with Gasteiger partial charge in [0.05, 0.1) is 37.7 Å². The van der Waals surface area contributed by atoms with E-state index in [-0.39, 0.29) is 81.3 Å². The summed E-state index contributed by atoms with van der Waals surface area (Å²) < 4.78 is 6.00. The lowest BCUT2D eigenvalue weighted by Gasteiger charge is -2.37. The molecule has 0 saturated carbocycles. The van der Waals surface area contributed by atoms with E-state index in [4.69, 9.17) is 4.74 Å². The minimum atomic E-state index is -1.47. The lowest BCUT2D eigenvalue weighted by Crippen LogP contribution is -2.61. The lowest BCUT2D eigenvalue weighted by molar-refractivity contribution is -0.151. The minimum Gasteiger partial charge on any atom is -0.393 e. The largest absolute Gasteiger partial charge is 0.393 e. The number of allylic oxidation sites excluding steroid dienone is 9. The molecule has 2 fully saturated rings. The second-order valence-electron chi connectivity index (χ2n) is 29.2. The summed E-state index contributed by atoms with van der Waals surface area (Å²) in [7, 11) is 9.97. The molecule has 6 N–H and O–H groups in total. The van der Waals surface area contributed by atoms with Gasteiger partial charge in [-0.05, 0) is 123 Å². The molecule has 27 nitrogen and oxygen atoms in total. The van der Waals surface area contributed by atoms with E-state index in [1.54, 1.807) is 73.4 Å². The van der Waals surface area contributed by atoms with Crippen LogP contribution >= 0.6 is 0 Å². The van der Waals surface area contributed by atoms with E-state index in [1.165, 1.54) is 87.7 Å². The molecule has 0 spiro atoms. The van der Waals surface area contributed by atoms with Gasteiger partial charge in [0.15, 0.2) is 0 Å². The Bertz CT molecular complexity index is 2950. The van der Waals surface area contributed by atoms with Crippen LogP contribution in [0.15, 0.2) is 73.9 Å². The highest BCUT2D eigenvalue weighted by Gasteiger charge is 2.43. The summed E-state index contributed by atoms with van der Waals surface area (Å²) in [6.45, 7) is 26.3. The van der Waals surface area contributed by atoms with Crippen LogP contribution in [0.3, 0.4) is 0 Å². The molecule has 11 atom stereocenters. The van der Waals surface area contributed by atoms with Crippen LogP contribution in [0.4, 0.5) is 0 Å². The topological polar surface area (TPSA) is 329 Å². The number of nitrogens with one attached hydrogen (secondary N) is 4. The van der Waals surface area contributed by atoms with Crippen LogP contribution in [0.2, 0.25) is 0 Å². The van der Waals surface area contributed by atoms with E-state index >= 15 is 19.2 Å². The van der Waals surface area contributed by atoms with Crippen LogP contribution < -0.4 is 21.3 Å². The molecular weight excluding hydrogens is 1310 g/mol. The standard InChI is InChI=1S/C75H124N12O15/c1-21-23-25-27-29-32-36-59(73(99)85(19)61-44-52(9)76-68(61)94)84(18)71(97)57(48-102-40-37-75(12,13)101)79-67(93)58(35-31-28-26-24-22-2)83(17)74(100)62(43-51(7)8)86(20)70(96)55(41-49(3)4)77-66(92)54(11)81(15)64(90)46-56(72(98)87-38-33-30-34-39-87)78-69(95)60(42-50(5)6)82(16)65(91)47-80(14)63(89)45-53(10)88/h21-29,31,49-62,88,101H,1-2,30,32-48H2,3-20H3,(H,76,94)(H,77,92)(H,78,95)(H,79,93)/b25-23-,26-24-,29-27+,31-28+/t52?,53?,54-,55-,56?,57-,58-,59-,60-,61-,62-/m0/s1. The Labute approximate surface area is 607 Å². The summed E-state index contributed by atoms with van der Waals surface area (Å²) in [5, 5.41) is 31.6. The number of aliphatic hydroxyl groups is 2. The monoisotopic (exact) mass is 1430 g/mol. The van der Waals surface area contributed by atoms with Crippen molar-refractivity contribution in [2.45, 2.75) is 232 Å². The summed E-state index contributed by atoms with van der Waals surface area (Å²) in [6, 6.07) is -11.3. The fraction of sp³-hybridized carbons (Fsp3) is 0.680. The zero-order valence-electron chi connectivity index (χ0n) is 64.3. The molecule has 2 saturated heterocycles. The Kier molecular flexibility index (Phi) is 39.3. The fourth-order valence-corrected chi connectivity index (χ4v) is 11.9. The van der Waals surface area contributed by atoms with Gasteiger partial charge in [-0.3, -0.25) is 57.5 Å². The van der Waals surface area contributed by atoms with Crippen molar-refractivity contribution in [1.29, 1.82) is 0 Å². The molecular formula is C75H124N12O15. The number of likely N-dealkylation sites (tertiary alicyclic amines) is 1. The van der Waals surface area contributed by atoms with Crippen LogP contribution in [-0.4, -0.2) is 275 Å². The van der Waals surface area contributed by atoms with E-state index in [9.17, 15) is 48.6 Å². The Balaban J connectivity index is 2.64. The number of rotatable bonds is 43. The molecule has 0 aromatic carbocycles. The third-order valence-corrected chi connectivity index (χ3v) is 18.3. The third-order valence-electron chi connectivity index (χ3n) is 18.3. The molecule has 0 aliphatic carbocycles. The minimum absolute atomic E-state index is 0.0361. The van der Waals surface area contributed by atoms with Gasteiger partial charge in [-0.25, -0.2) is 0 Å². The molecule has 3 unspecified atom stereocenters. The van der Waals surface area contributed by atoms with Crippen LogP contribution in [0, 0.1) is 17.8 Å². The number of piperidine rings is 1. The first kappa shape index (κ1) is 90.0. The Morgan fingerprint density at radius 3 is 1.66 bits per heavy atom. The maximum Gasteiger partial charge on any atom is 0.247 e. The average Bonchev–Trinajstić information content (AvgIpc) is 1.16. The average molecular weight is 1430 g/mol. The van der Waals surface area contributed by atoms with Gasteiger partial charge >= 0.3 is 0 Å². The first-order valence-electron chi connectivity index (χ1n) is 35.9. The number of likely N-dealkylation sites (N-methyl/N-ethyl adjacent to an activating group) is 7. The maximum atomic E-state index is 15.4. The van der Waals surface area contributed by atoms with Crippen molar-refractivity contribution in [3.05, 3.63) is 73.9 Å². The zero-order chi connectivity index (χ0) is 77.5. The molecule has 574 valence electrons. The highest BCUT2D eigenvalue weighted by Crippen LogP contribution is 2.23. The van der Waals surface area contributed by atoms with Crippen molar-refractivity contribution in [2.24, 2.45) is 17.8 Å². The smallest absolute Gasteiger partial charge is 0.247 e. The van der Waals surface area contributed by atoms with Gasteiger partial charge in [0.25, 0.3) is 0 Å². The van der Waals surface area contributed by atoms with Crippen molar-refractivity contribution in [1.82, 2.24) is 60.5 Å². The molecule has 2 rings (SSSR count). The number of amides is 12. The van der Waals surface area contributed by atoms with Gasteiger partial charge in [-0.2, -0.15) is 0 Å². The second-order valence-corrected chi connectivity index (χ2v) is 29.2. The Morgan fingerprint density at radius 2 is 1.12 bits per heavy atom. The van der Waals surface area contributed by atoms with Gasteiger partial charge in [0.2, 0.25) is 70.9 Å². The van der Waals surface area contributed by atoms with Gasteiger partial charge in [0, 0.05) is 75.1 Å². The number of carbonyl (C=O) groups is 12. The van der Waals surface area contributed by atoms with Crippen molar-refractivity contribution in [3.8, 4) is 0 Å². The summed E-state index contributed by atoms with van der Waals surface area (Å²) in [5.74, 6) is -8.01. The quantitative estimate of drug-likeness (QED) is 0.0371. The summed E-state index contributed by atoms with van der Waals surface area (Å²) >= 11 is 0. The summed E-state index contributed by atoms with van der Waals surface area (Å²) in [5.41, 5.74) is -1.16. The van der Waals surface area contributed by atoms with E-state index < -0.39 is 151 Å². The fourth-order valence-electron chi connectivity index (χ4n) is 11.9. The number of carbonyl (C=O) groups excluding carboxylic acids is 12. The zero-order valence-corrected chi connectivity index (χ0v) is 64.3. The number of aliphatic hydroxyl groups excluding tert-OH is 1. The van der Waals surface area contributed by atoms with E-state index in [2.05, 4.69) is 34.4 Å². The SMILES string of the molecule is C=C/C=C\C=C\CC[C@@H](C(=O)N(C)[C@H]1CC(C)NC1=O)N(C)C(=O)[C@H](COCCC(C)(C)O)NC(=O)[C@H](C/C=C/C=C\C=C)N(C)C(=O)[C@H](CC(C)C)N(C)C(=O)[C@H](CC(C)C)NC(=O)[C@H](C)N(C)C(=O)CC(NC(=O)[C@H](CC(C)C)N(C)C(=O)CN(C)C(=O)CC(C)O)C(=O)N1CCCCC1. The molecule has 2 aliphatic rings. The Hall–Kier alpha value is -8.04. The molecule has 102 heavy (non-hydrogen) atoms. The molecule has 2 heterocycles. The molecule has 12 amide bonds. The molecule has 0 aromatic rings. The van der Waals surface area contributed by atoms with E-state index in [0.29, 0.717) is 38.8 Å². The van der Waals surface area contributed by atoms with Crippen molar-refractivity contribution in [3.63, 3.8) is 0 Å². The Morgan fingerprint density at radius 1 is 0.598 bits per heavy atom. The second kappa shape index (κ2) is 44.5. The number of hydrogen-bond donors (Lipinski definition) is 6. The predicted molar refractivity (Wildman–Crippen MR) is 393 cm³/mol. The molecule has 0 bridgehead atoms. The van der Waals surface area contributed by atoms with E-state index in [0.717, 1.165) is 16.2 Å². The normalized spacial score (nSPS) is 17.6. The number of ether oxygens (including phenoxy) is 1. The van der Waals surface area contributed by atoms with Gasteiger partial charge in [-0.15, -0.1) is 0 Å². The number of nitrogens with zero attached hydrogens (tertiary/aromatic N) is 8. The summed E-state index contributed by atoms with van der Waals surface area (Å²) in [6.07, 6.45) is 18.5.